The van der Waals surface area contributed by atoms with Crippen LogP contribution in [0, 0.1) is 11.3 Å². The van der Waals surface area contributed by atoms with Crippen molar-refractivity contribution >= 4 is 17.5 Å². The van der Waals surface area contributed by atoms with Crippen molar-refractivity contribution in [2.45, 2.75) is 38.5 Å². The summed E-state index contributed by atoms with van der Waals surface area (Å²) in [4.78, 5) is 16.6. The topological polar surface area (TPSA) is 86.5 Å². The van der Waals surface area contributed by atoms with Crippen molar-refractivity contribution in [2.75, 3.05) is 5.32 Å². The number of anilines is 1. The van der Waals surface area contributed by atoms with Crippen molar-refractivity contribution in [2.24, 2.45) is 4.99 Å². The molecule has 6 nitrogen and oxygen atoms in total. The zero-order valence-electron chi connectivity index (χ0n) is 13.0. The monoisotopic (exact) mass is 310 g/mol. The zero-order chi connectivity index (χ0) is 16.4. The van der Waals surface area contributed by atoms with Gasteiger partial charge in [0.2, 0.25) is 11.8 Å². The Kier molecular flexibility index (Phi) is 4.02. The number of ether oxygens (including phenoxy) is 1. The maximum atomic E-state index is 12.1. The maximum absolute atomic E-state index is 12.1. The molecule has 1 aromatic rings. The fourth-order valence-electron chi connectivity index (χ4n) is 2.45. The summed E-state index contributed by atoms with van der Waals surface area (Å²) in [6, 6.07) is 9.20. The van der Waals surface area contributed by atoms with Crippen molar-refractivity contribution in [1.82, 2.24) is 5.32 Å². The first kappa shape index (κ1) is 15.1. The summed E-state index contributed by atoms with van der Waals surface area (Å²) in [6.07, 6.45) is 2.09. The van der Waals surface area contributed by atoms with E-state index in [1.165, 1.54) is 0 Å². The van der Waals surface area contributed by atoms with Crippen molar-refractivity contribution in [1.29, 1.82) is 5.26 Å². The third kappa shape index (κ3) is 3.19. The van der Waals surface area contributed by atoms with Gasteiger partial charge in [0.25, 0.3) is 0 Å². The number of amides is 1. The Morgan fingerprint density at radius 3 is 2.70 bits per heavy atom. The van der Waals surface area contributed by atoms with Crippen LogP contribution in [0.15, 0.2) is 41.0 Å². The molecule has 3 atom stereocenters. The number of hydrogen-bond acceptors (Lipinski definition) is 5. The number of rotatable bonds is 3. The summed E-state index contributed by atoms with van der Waals surface area (Å²) >= 11 is 0. The molecule has 0 saturated heterocycles. The van der Waals surface area contributed by atoms with Gasteiger partial charge in [-0.25, -0.2) is 4.99 Å². The highest BCUT2D eigenvalue weighted by Crippen LogP contribution is 2.20. The van der Waals surface area contributed by atoms with Gasteiger partial charge in [0, 0.05) is 29.4 Å². The minimum absolute atomic E-state index is 0.0830. The first-order valence-electron chi connectivity index (χ1n) is 7.58. The van der Waals surface area contributed by atoms with Crippen LogP contribution in [0.1, 0.15) is 25.8 Å². The molecule has 0 bridgehead atoms. The molecule has 0 aromatic heterocycles. The summed E-state index contributed by atoms with van der Waals surface area (Å²) in [5.41, 5.74) is 2.18. The van der Waals surface area contributed by atoms with Gasteiger partial charge in [-0.1, -0.05) is 0 Å². The molecule has 1 amide bonds. The Bertz CT molecular complexity index is 715. The van der Waals surface area contributed by atoms with Crippen LogP contribution in [0.5, 0.6) is 0 Å². The third-order valence-electron chi connectivity index (χ3n) is 4.04. The normalized spacial score (nSPS) is 25.7. The Hall–Kier alpha value is -2.81. The number of nitrogens with one attached hydrogen (secondary N) is 2. The first-order chi connectivity index (χ1) is 11.1. The van der Waals surface area contributed by atoms with E-state index in [1.807, 2.05) is 44.2 Å². The Morgan fingerprint density at radius 1 is 1.39 bits per heavy atom. The molecule has 118 valence electrons. The van der Waals surface area contributed by atoms with Gasteiger partial charge in [-0.2, -0.15) is 5.26 Å². The van der Waals surface area contributed by atoms with Crippen LogP contribution in [0.3, 0.4) is 0 Å². The first-order valence-corrected chi connectivity index (χ1v) is 7.58. The third-order valence-corrected chi connectivity index (χ3v) is 4.04. The molecule has 2 heterocycles. The number of aliphatic imine (C=N–C) groups is 1. The predicted molar refractivity (Wildman–Crippen MR) is 86.9 cm³/mol. The Labute approximate surface area is 134 Å². The number of benzene rings is 1. The lowest BCUT2D eigenvalue weighted by Crippen LogP contribution is -2.34. The van der Waals surface area contributed by atoms with Gasteiger partial charge in [-0.3, -0.25) is 4.79 Å². The number of carbonyl (C=O) groups excluding carboxylic acids is 1. The van der Waals surface area contributed by atoms with Crippen molar-refractivity contribution in [3.63, 3.8) is 0 Å². The van der Waals surface area contributed by atoms with Gasteiger partial charge >= 0.3 is 0 Å². The van der Waals surface area contributed by atoms with Gasteiger partial charge in [0.1, 0.15) is 12.1 Å². The maximum Gasteiger partial charge on any atom is 0.247 e. The minimum atomic E-state index is -0.395. The molecular weight excluding hydrogens is 292 g/mol. The van der Waals surface area contributed by atoms with E-state index in [0.29, 0.717) is 23.6 Å². The predicted octanol–water partition coefficient (Wildman–Crippen LogP) is 1.95. The van der Waals surface area contributed by atoms with Gasteiger partial charge in [-0.15, -0.1) is 0 Å². The summed E-state index contributed by atoms with van der Waals surface area (Å²) in [6.45, 7) is 4.01. The van der Waals surface area contributed by atoms with Crippen LogP contribution in [0.4, 0.5) is 5.69 Å². The van der Waals surface area contributed by atoms with E-state index in [1.54, 1.807) is 6.20 Å². The molecule has 0 saturated carbocycles. The molecule has 0 radical (unpaired) electrons. The molecule has 0 spiro atoms. The molecule has 0 fully saturated rings. The number of nitrogens with zero attached hydrogens (tertiary/aromatic N) is 2. The standard InChI is InChI=1S/C17H18N4O2/c1-10-11(2)23-17(20-10)13-3-5-14(6-4-13)21-16(22)15-7-12(8-18)9-19-15/h3-6,9-11,15,19H,7H2,1-2H3,(H,21,22). The van der Waals surface area contributed by atoms with Crippen LogP contribution >= 0.6 is 0 Å². The highest BCUT2D eigenvalue weighted by molar-refractivity contribution is 5.98. The van der Waals surface area contributed by atoms with E-state index in [2.05, 4.69) is 15.6 Å². The van der Waals surface area contributed by atoms with Gasteiger partial charge in [0.15, 0.2) is 0 Å². The quantitative estimate of drug-likeness (QED) is 0.893. The van der Waals surface area contributed by atoms with Crippen LogP contribution in [-0.2, 0) is 9.53 Å². The minimum Gasteiger partial charge on any atom is -0.472 e. The second kappa shape index (κ2) is 6.13. The van der Waals surface area contributed by atoms with E-state index >= 15 is 0 Å². The lowest BCUT2D eigenvalue weighted by molar-refractivity contribution is -0.117. The van der Waals surface area contributed by atoms with Crippen LogP contribution in [0.2, 0.25) is 0 Å². The molecule has 0 aliphatic carbocycles. The van der Waals surface area contributed by atoms with Crippen molar-refractivity contribution in [3.05, 3.63) is 41.6 Å². The van der Waals surface area contributed by atoms with Gasteiger partial charge in [-0.05, 0) is 38.1 Å². The summed E-state index contributed by atoms with van der Waals surface area (Å²) in [5, 5.41) is 14.6. The smallest absolute Gasteiger partial charge is 0.247 e. The van der Waals surface area contributed by atoms with E-state index < -0.39 is 6.04 Å². The Balaban J connectivity index is 1.61. The van der Waals surface area contributed by atoms with Gasteiger partial charge in [0.05, 0.1) is 12.1 Å². The average molecular weight is 310 g/mol. The van der Waals surface area contributed by atoms with Crippen molar-refractivity contribution in [3.8, 4) is 6.07 Å². The summed E-state index contributed by atoms with van der Waals surface area (Å²) < 4.78 is 5.70. The second-order valence-electron chi connectivity index (χ2n) is 5.77. The highest BCUT2D eigenvalue weighted by atomic mass is 16.5. The van der Waals surface area contributed by atoms with Crippen molar-refractivity contribution < 1.29 is 9.53 Å². The second-order valence-corrected chi connectivity index (χ2v) is 5.77. The average Bonchev–Trinajstić information content (AvgIpc) is 3.15. The lowest BCUT2D eigenvalue weighted by atomic mass is 10.1. The fourth-order valence-corrected chi connectivity index (χ4v) is 2.45. The SMILES string of the molecule is CC1N=C(c2ccc(NC(=O)C3CC(C#N)=CN3)cc2)OC1C. The lowest BCUT2D eigenvalue weighted by Gasteiger charge is -2.12. The van der Waals surface area contributed by atoms with E-state index in [0.717, 1.165) is 5.56 Å². The Morgan fingerprint density at radius 2 is 2.13 bits per heavy atom. The van der Waals surface area contributed by atoms with Crippen LogP contribution < -0.4 is 10.6 Å². The number of nitriles is 1. The molecule has 2 aliphatic heterocycles. The zero-order valence-corrected chi connectivity index (χ0v) is 13.0. The highest BCUT2D eigenvalue weighted by Gasteiger charge is 2.25. The molecular formula is C17H18N4O2. The summed E-state index contributed by atoms with van der Waals surface area (Å²) in [7, 11) is 0. The largest absolute Gasteiger partial charge is 0.472 e. The van der Waals surface area contributed by atoms with E-state index in [4.69, 9.17) is 10.00 Å². The van der Waals surface area contributed by atoms with E-state index in [-0.39, 0.29) is 18.1 Å². The van der Waals surface area contributed by atoms with E-state index in [9.17, 15) is 4.79 Å². The number of carbonyl (C=O) groups is 1. The number of hydrogen-bond donors (Lipinski definition) is 2. The van der Waals surface area contributed by atoms with Crippen LogP contribution in [0.25, 0.3) is 0 Å². The molecule has 1 aromatic carbocycles. The fraction of sp³-hybridized carbons (Fsp3) is 0.353. The molecule has 3 rings (SSSR count). The van der Waals surface area contributed by atoms with Crippen LogP contribution in [-0.4, -0.2) is 30.0 Å². The molecule has 23 heavy (non-hydrogen) atoms. The molecule has 3 unspecified atom stereocenters. The summed E-state index contributed by atoms with van der Waals surface area (Å²) in [5.74, 6) is 0.485. The molecule has 2 aliphatic rings. The van der Waals surface area contributed by atoms with Gasteiger partial charge < -0.3 is 15.4 Å². The molecule has 6 heteroatoms. The molecule has 2 N–H and O–H groups in total.